The highest BCUT2D eigenvalue weighted by Gasteiger charge is 2.52. The van der Waals surface area contributed by atoms with Gasteiger partial charge >= 0.3 is 0 Å². The molecule has 1 aliphatic rings. The van der Waals surface area contributed by atoms with Crippen molar-refractivity contribution in [1.82, 2.24) is 4.98 Å². The maximum absolute atomic E-state index is 6.31. The Morgan fingerprint density at radius 1 is 1.47 bits per heavy atom. The van der Waals surface area contributed by atoms with Crippen LogP contribution in [0.1, 0.15) is 31.6 Å². The zero-order valence-corrected chi connectivity index (χ0v) is 10.7. The molecule has 2 N–H and O–H groups in total. The van der Waals surface area contributed by atoms with Gasteiger partial charge in [-0.3, -0.25) is 0 Å². The number of thiazole rings is 1. The van der Waals surface area contributed by atoms with Crippen molar-refractivity contribution in [3.63, 3.8) is 0 Å². The zero-order valence-electron chi connectivity index (χ0n) is 9.87. The van der Waals surface area contributed by atoms with E-state index in [-0.39, 0.29) is 11.0 Å². The fraction of sp³-hybridized carbons (Fsp3) is 0.727. The lowest BCUT2D eigenvalue weighted by Gasteiger charge is -2.30. The van der Waals surface area contributed by atoms with Crippen LogP contribution >= 0.6 is 11.3 Å². The second kappa shape index (κ2) is 3.19. The molecule has 1 fully saturated rings. The largest absolute Gasteiger partial charge is 0.354 e. The van der Waals surface area contributed by atoms with E-state index < -0.39 is 0 Å². The average Bonchev–Trinajstić information content (AvgIpc) is 2.73. The van der Waals surface area contributed by atoms with Crippen molar-refractivity contribution < 1.29 is 0 Å². The molecular formula is C11H19N3S. The van der Waals surface area contributed by atoms with Gasteiger partial charge < -0.3 is 10.6 Å². The summed E-state index contributed by atoms with van der Waals surface area (Å²) in [5.41, 5.74) is 6.36. The first-order valence-corrected chi connectivity index (χ1v) is 6.11. The van der Waals surface area contributed by atoms with E-state index in [2.05, 4.69) is 18.8 Å². The molecule has 0 aliphatic heterocycles. The summed E-state index contributed by atoms with van der Waals surface area (Å²) in [6.07, 6.45) is 4.25. The Balaban J connectivity index is 2.29. The summed E-state index contributed by atoms with van der Waals surface area (Å²) in [5, 5.41) is 1.06. The summed E-state index contributed by atoms with van der Waals surface area (Å²) in [5.74, 6) is 0. The summed E-state index contributed by atoms with van der Waals surface area (Å²) in [6, 6.07) is 0. The van der Waals surface area contributed by atoms with E-state index in [9.17, 15) is 0 Å². The number of anilines is 1. The van der Waals surface area contributed by atoms with Crippen LogP contribution in [0.15, 0.2) is 6.20 Å². The van der Waals surface area contributed by atoms with Crippen molar-refractivity contribution in [2.24, 2.45) is 5.73 Å². The number of aromatic nitrogens is 1. The fourth-order valence-electron chi connectivity index (χ4n) is 1.77. The molecule has 0 radical (unpaired) electrons. The van der Waals surface area contributed by atoms with Crippen molar-refractivity contribution in [3.8, 4) is 0 Å². The van der Waals surface area contributed by atoms with Crippen LogP contribution in [-0.2, 0) is 5.41 Å². The van der Waals surface area contributed by atoms with Crippen LogP contribution < -0.4 is 10.6 Å². The van der Waals surface area contributed by atoms with Gasteiger partial charge in [-0.25, -0.2) is 4.98 Å². The quantitative estimate of drug-likeness (QED) is 0.855. The van der Waals surface area contributed by atoms with E-state index in [4.69, 9.17) is 5.73 Å². The number of hydrogen-bond acceptors (Lipinski definition) is 4. The molecule has 15 heavy (non-hydrogen) atoms. The highest BCUT2D eigenvalue weighted by Crippen LogP contribution is 2.50. The average molecular weight is 225 g/mol. The van der Waals surface area contributed by atoms with Crippen LogP contribution in [0.3, 0.4) is 0 Å². The summed E-state index contributed by atoms with van der Waals surface area (Å²) in [6.45, 7) is 4.46. The molecule has 1 aliphatic carbocycles. The van der Waals surface area contributed by atoms with E-state index in [1.54, 1.807) is 11.3 Å². The Bertz CT molecular complexity index is 364. The van der Waals surface area contributed by atoms with Gasteiger partial charge in [-0.2, -0.15) is 0 Å². The molecule has 1 aromatic rings. The van der Waals surface area contributed by atoms with Crippen LogP contribution in [0.25, 0.3) is 0 Å². The topological polar surface area (TPSA) is 42.2 Å². The molecule has 2 rings (SSSR count). The summed E-state index contributed by atoms with van der Waals surface area (Å²) in [4.78, 5) is 7.75. The SMILES string of the molecule is CN(C)c1ncc(C(C)(C)C2(N)CC2)s1. The molecule has 84 valence electrons. The molecule has 4 heteroatoms. The number of hydrogen-bond donors (Lipinski definition) is 1. The lowest BCUT2D eigenvalue weighted by molar-refractivity contribution is 0.398. The first-order chi connectivity index (χ1) is 6.87. The lowest BCUT2D eigenvalue weighted by Crippen LogP contribution is -2.42. The second-order valence-electron chi connectivity index (χ2n) is 5.18. The van der Waals surface area contributed by atoms with Crippen LogP contribution in [-0.4, -0.2) is 24.6 Å². The third-order valence-electron chi connectivity index (χ3n) is 3.53. The molecule has 0 spiro atoms. The number of rotatable bonds is 3. The van der Waals surface area contributed by atoms with Crippen LogP contribution in [0.4, 0.5) is 5.13 Å². The van der Waals surface area contributed by atoms with Gasteiger partial charge in [0.1, 0.15) is 0 Å². The van der Waals surface area contributed by atoms with E-state index in [0.29, 0.717) is 0 Å². The van der Waals surface area contributed by atoms with Crippen LogP contribution in [0.5, 0.6) is 0 Å². The lowest BCUT2D eigenvalue weighted by atomic mass is 9.81. The van der Waals surface area contributed by atoms with Gasteiger partial charge in [0.15, 0.2) is 5.13 Å². The normalized spacial score (nSPS) is 19.0. The molecule has 1 heterocycles. The Hall–Kier alpha value is -0.610. The van der Waals surface area contributed by atoms with Gasteiger partial charge in [0.05, 0.1) is 0 Å². The summed E-state index contributed by atoms with van der Waals surface area (Å²) >= 11 is 1.75. The van der Waals surface area contributed by atoms with Gasteiger partial charge in [0, 0.05) is 36.1 Å². The minimum atomic E-state index is 0.00309. The fourth-order valence-corrected chi connectivity index (χ4v) is 2.81. The van der Waals surface area contributed by atoms with E-state index in [1.807, 2.05) is 25.2 Å². The third-order valence-corrected chi connectivity index (χ3v) is 5.01. The molecule has 0 amide bonds. The van der Waals surface area contributed by atoms with E-state index in [1.165, 1.54) is 4.88 Å². The Kier molecular flexibility index (Phi) is 2.32. The first-order valence-electron chi connectivity index (χ1n) is 5.29. The monoisotopic (exact) mass is 225 g/mol. The molecule has 1 aromatic heterocycles. The van der Waals surface area contributed by atoms with Crippen molar-refractivity contribution in [2.45, 2.75) is 37.6 Å². The van der Waals surface area contributed by atoms with Gasteiger partial charge in [-0.1, -0.05) is 13.8 Å². The van der Waals surface area contributed by atoms with Crippen molar-refractivity contribution in [3.05, 3.63) is 11.1 Å². The predicted molar refractivity (Wildman–Crippen MR) is 65.6 cm³/mol. The summed E-state index contributed by atoms with van der Waals surface area (Å²) in [7, 11) is 4.04. The van der Waals surface area contributed by atoms with Crippen molar-refractivity contribution in [1.29, 1.82) is 0 Å². The maximum Gasteiger partial charge on any atom is 0.184 e. The van der Waals surface area contributed by atoms with Crippen LogP contribution in [0, 0.1) is 0 Å². The predicted octanol–water partition coefficient (Wildman–Crippen LogP) is 1.98. The molecule has 0 atom stereocenters. The third kappa shape index (κ3) is 1.66. The Morgan fingerprint density at radius 3 is 2.47 bits per heavy atom. The first kappa shape index (κ1) is 10.9. The van der Waals surface area contributed by atoms with E-state index in [0.717, 1.165) is 18.0 Å². The van der Waals surface area contributed by atoms with Crippen LogP contribution in [0.2, 0.25) is 0 Å². The molecule has 3 nitrogen and oxygen atoms in total. The van der Waals surface area contributed by atoms with Gasteiger partial charge in [-0.05, 0) is 12.8 Å². The molecule has 0 aromatic carbocycles. The number of nitrogens with zero attached hydrogens (tertiary/aromatic N) is 2. The Labute approximate surface area is 95.3 Å². The van der Waals surface area contributed by atoms with Gasteiger partial charge in [0.2, 0.25) is 0 Å². The standard InChI is InChI=1S/C11H19N3S/c1-10(2,11(12)5-6-11)8-7-13-9(15-8)14(3)4/h7H,5-6,12H2,1-4H3. The second-order valence-corrected chi connectivity index (χ2v) is 6.19. The van der Waals surface area contributed by atoms with E-state index >= 15 is 0 Å². The molecule has 0 bridgehead atoms. The van der Waals surface area contributed by atoms with Crippen molar-refractivity contribution in [2.75, 3.05) is 19.0 Å². The molecule has 0 unspecified atom stereocenters. The zero-order chi connectivity index (χ0) is 11.3. The minimum Gasteiger partial charge on any atom is -0.354 e. The molecule has 0 saturated heterocycles. The minimum absolute atomic E-state index is 0.00309. The number of nitrogens with two attached hydrogens (primary N) is 1. The summed E-state index contributed by atoms with van der Waals surface area (Å²) < 4.78 is 0. The maximum atomic E-state index is 6.31. The van der Waals surface area contributed by atoms with Gasteiger partial charge in [0.25, 0.3) is 0 Å². The Morgan fingerprint density at radius 2 is 2.07 bits per heavy atom. The molecule has 1 saturated carbocycles. The van der Waals surface area contributed by atoms with Crippen molar-refractivity contribution >= 4 is 16.5 Å². The highest BCUT2D eigenvalue weighted by atomic mass is 32.1. The van der Waals surface area contributed by atoms with Gasteiger partial charge in [-0.15, -0.1) is 11.3 Å². The highest BCUT2D eigenvalue weighted by molar-refractivity contribution is 7.15. The smallest absolute Gasteiger partial charge is 0.184 e. The molecular weight excluding hydrogens is 206 g/mol.